The van der Waals surface area contributed by atoms with E-state index in [1.54, 1.807) is 12.3 Å². The third-order valence-corrected chi connectivity index (χ3v) is 2.91. The summed E-state index contributed by atoms with van der Waals surface area (Å²) in [5, 5.41) is 7.40. The Balaban J connectivity index is 1.79. The minimum absolute atomic E-state index is 0.0697. The standard InChI is InChI=1S/C13H21N3O2/c1-2-3-7-18-8-6-16-13(17)9-12(10-14-16)15-11-4-5-11/h9-11,15H,2-8H2,1H3. The number of hydrogen-bond acceptors (Lipinski definition) is 4. The second-order valence-electron chi connectivity index (χ2n) is 4.69. The van der Waals surface area contributed by atoms with Crippen LogP contribution in [-0.2, 0) is 11.3 Å². The maximum atomic E-state index is 11.8. The molecule has 18 heavy (non-hydrogen) atoms. The van der Waals surface area contributed by atoms with E-state index in [2.05, 4.69) is 17.3 Å². The molecule has 0 bridgehead atoms. The highest BCUT2D eigenvalue weighted by Crippen LogP contribution is 2.23. The minimum Gasteiger partial charge on any atom is -0.381 e. The van der Waals surface area contributed by atoms with Crippen molar-refractivity contribution in [3.8, 4) is 0 Å². The number of nitrogens with zero attached hydrogens (tertiary/aromatic N) is 2. The van der Waals surface area contributed by atoms with Gasteiger partial charge in [-0.2, -0.15) is 5.10 Å². The van der Waals surface area contributed by atoms with Gasteiger partial charge in [0.15, 0.2) is 0 Å². The smallest absolute Gasteiger partial charge is 0.268 e. The maximum absolute atomic E-state index is 11.8. The maximum Gasteiger partial charge on any atom is 0.268 e. The lowest BCUT2D eigenvalue weighted by Gasteiger charge is -2.07. The zero-order valence-electron chi connectivity index (χ0n) is 10.9. The van der Waals surface area contributed by atoms with Gasteiger partial charge in [-0.05, 0) is 19.3 Å². The van der Waals surface area contributed by atoms with Crippen LogP contribution in [0.15, 0.2) is 17.1 Å². The van der Waals surface area contributed by atoms with Crippen LogP contribution in [0.5, 0.6) is 0 Å². The molecule has 0 radical (unpaired) electrons. The van der Waals surface area contributed by atoms with E-state index in [0.29, 0.717) is 19.2 Å². The van der Waals surface area contributed by atoms with Crippen LogP contribution >= 0.6 is 0 Å². The van der Waals surface area contributed by atoms with E-state index in [9.17, 15) is 4.79 Å². The van der Waals surface area contributed by atoms with Gasteiger partial charge in [-0.15, -0.1) is 0 Å². The van der Waals surface area contributed by atoms with Crippen molar-refractivity contribution in [2.24, 2.45) is 0 Å². The highest BCUT2D eigenvalue weighted by atomic mass is 16.5. The van der Waals surface area contributed by atoms with Gasteiger partial charge in [-0.3, -0.25) is 4.79 Å². The fraction of sp³-hybridized carbons (Fsp3) is 0.692. The lowest BCUT2D eigenvalue weighted by Crippen LogP contribution is -2.25. The van der Waals surface area contributed by atoms with Crippen LogP contribution in [-0.4, -0.2) is 29.0 Å². The fourth-order valence-electron chi connectivity index (χ4n) is 1.64. The molecule has 0 atom stereocenters. The van der Waals surface area contributed by atoms with Gasteiger partial charge in [-0.25, -0.2) is 4.68 Å². The van der Waals surface area contributed by atoms with E-state index in [1.165, 1.54) is 17.5 Å². The molecule has 0 amide bonds. The third-order valence-electron chi connectivity index (χ3n) is 2.91. The summed E-state index contributed by atoms with van der Waals surface area (Å²) in [6.45, 7) is 3.95. The first-order chi connectivity index (χ1) is 8.79. The summed E-state index contributed by atoms with van der Waals surface area (Å²) in [5.74, 6) is 0. The molecular formula is C13H21N3O2. The van der Waals surface area contributed by atoms with Gasteiger partial charge in [-0.1, -0.05) is 13.3 Å². The zero-order valence-corrected chi connectivity index (χ0v) is 10.9. The average Bonchev–Trinajstić information content (AvgIpc) is 3.15. The van der Waals surface area contributed by atoms with Crippen LogP contribution in [0.1, 0.15) is 32.6 Å². The predicted molar refractivity (Wildman–Crippen MR) is 70.9 cm³/mol. The van der Waals surface area contributed by atoms with Crippen LogP contribution in [0, 0.1) is 0 Å². The molecule has 0 spiro atoms. The normalized spacial score (nSPS) is 14.7. The predicted octanol–water partition coefficient (Wildman–Crippen LogP) is 1.63. The molecular weight excluding hydrogens is 230 g/mol. The molecule has 1 aliphatic rings. The third kappa shape index (κ3) is 4.14. The molecule has 100 valence electrons. The van der Waals surface area contributed by atoms with E-state index in [1.807, 2.05) is 0 Å². The summed E-state index contributed by atoms with van der Waals surface area (Å²) in [5.41, 5.74) is 0.755. The Bertz CT molecular complexity index is 426. The van der Waals surface area contributed by atoms with E-state index >= 15 is 0 Å². The van der Waals surface area contributed by atoms with Gasteiger partial charge in [0.1, 0.15) is 0 Å². The van der Waals surface area contributed by atoms with Gasteiger partial charge in [0.2, 0.25) is 0 Å². The Kier molecular flexibility index (Phi) is 4.75. The van der Waals surface area contributed by atoms with Gasteiger partial charge in [0, 0.05) is 18.7 Å². The molecule has 0 aliphatic heterocycles. The van der Waals surface area contributed by atoms with Crippen LogP contribution in [0.3, 0.4) is 0 Å². The summed E-state index contributed by atoms with van der Waals surface area (Å²) in [7, 11) is 0. The lowest BCUT2D eigenvalue weighted by molar-refractivity contribution is 0.120. The number of aromatic nitrogens is 2. The van der Waals surface area contributed by atoms with E-state index < -0.39 is 0 Å². The molecule has 0 unspecified atom stereocenters. The molecule has 2 rings (SSSR count). The quantitative estimate of drug-likeness (QED) is 0.714. The Morgan fingerprint density at radius 3 is 3.00 bits per heavy atom. The first kappa shape index (κ1) is 13.1. The summed E-state index contributed by atoms with van der Waals surface area (Å²) in [6, 6.07) is 2.15. The first-order valence-electron chi connectivity index (χ1n) is 6.71. The van der Waals surface area contributed by atoms with Crippen molar-refractivity contribution >= 4 is 5.69 Å². The van der Waals surface area contributed by atoms with Crippen LogP contribution in [0.25, 0.3) is 0 Å². The average molecular weight is 251 g/mol. The highest BCUT2D eigenvalue weighted by molar-refractivity contribution is 5.41. The second-order valence-corrected chi connectivity index (χ2v) is 4.69. The van der Waals surface area contributed by atoms with Gasteiger partial charge < -0.3 is 10.1 Å². The van der Waals surface area contributed by atoms with Gasteiger partial charge in [0.05, 0.1) is 25.0 Å². The monoisotopic (exact) mass is 251 g/mol. The molecule has 1 aliphatic carbocycles. The Hall–Kier alpha value is -1.36. The van der Waals surface area contributed by atoms with Crippen molar-refractivity contribution in [3.05, 3.63) is 22.6 Å². The van der Waals surface area contributed by atoms with Crippen molar-refractivity contribution in [1.82, 2.24) is 9.78 Å². The summed E-state index contributed by atoms with van der Waals surface area (Å²) in [6.07, 6.45) is 6.28. The van der Waals surface area contributed by atoms with Crippen LogP contribution < -0.4 is 10.9 Å². The van der Waals surface area contributed by atoms with E-state index in [-0.39, 0.29) is 5.56 Å². The molecule has 1 saturated carbocycles. The van der Waals surface area contributed by atoms with E-state index in [0.717, 1.165) is 25.1 Å². The number of hydrogen-bond donors (Lipinski definition) is 1. The number of nitrogens with one attached hydrogen (secondary N) is 1. The van der Waals surface area contributed by atoms with Crippen molar-refractivity contribution in [3.63, 3.8) is 0 Å². The van der Waals surface area contributed by atoms with Crippen LogP contribution in [0.4, 0.5) is 5.69 Å². The highest BCUT2D eigenvalue weighted by Gasteiger charge is 2.20. The Morgan fingerprint density at radius 1 is 1.50 bits per heavy atom. The molecule has 0 aromatic carbocycles. The molecule has 5 nitrogen and oxygen atoms in total. The summed E-state index contributed by atoms with van der Waals surface area (Å²) < 4.78 is 6.87. The number of anilines is 1. The molecule has 1 aromatic heterocycles. The van der Waals surface area contributed by atoms with Crippen LogP contribution in [0.2, 0.25) is 0 Å². The zero-order chi connectivity index (χ0) is 12.8. The number of rotatable bonds is 8. The van der Waals surface area contributed by atoms with Gasteiger partial charge in [0.25, 0.3) is 5.56 Å². The first-order valence-corrected chi connectivity index (χ1v) is 6.71. The number of unbranched alkanes of at least 4 members (excludes halogenated alkanes) is 1. The molecule has 1 fully saturated rings. The summed E-state index contributed by atoms with van der Waals surface area (Å²) in [4.78, 5) is 11.8. The Labute approximate surface area is 107 Å². The van der Waals surface area contributed by atoms with Gasteiger partial charge >= 0.3 is 0 Å². The largest absolute Gasteiger partial charge is 0.381 e. The van der Waals surface area contributed by atoms with Crippen molar-refractivity contribution in [2.75, 3.05) is 18.5 Å². The number of ether oxygens (including phenoxy) is 1. The van der Waals surface area contributed by atoms with Crippen molar-refractivity contribution < 1.29 is 4.74 Å². The topological polar surface area (TPSA) is 56.1 Å². The summed E-state index contributed by atoms with van der Waals surface area (Å²) >= 11 is 0. The molecule has 5 heteroatoms. The van der Waals surface area contributed by atoms with E-state index in [4.69, 9.17) is 4.74 Å². The molecule has 1 N–H and O–H groups in total. The minimum atomic E-state index is -0.0697. The molecule has 1 heterocycles. The second kappa shape index (κ2) is 6.54. The fourth-order valence-corrected chi connectivity index (χ4v) is 1.64. The molecule has 0 saturated heterocycles. The Morgan fingerprint density at radius 2 is 2.33 bits per heavy atom. The van der Waals surface area contributed by atoms with Crippen molar-refractivity contribution in [2.45, 2.75) is 45.2 Å². The van der Waals surface area contributed by atoms with Crippen molar-refractivity contribution in [1.29, 1.82) is 0 Å². The lowest BCUT2D eigenvalue weighted by atomic mass is 10.4. The SMILES string of the molecule is CCCCOCCn1ncc(NC2CC2)cc1=O. The molecule has 1 aromatic rings.